The normalized spacial score (nSPS) is 16.2. The Morgan fingerprint density at radius 1 is 1.03 bits per heavy atom. The van der Waals surface area contributed by atoms with Gasteiger partial charge in [-0.1, -0.05) is 30.0 Å². The maximum absolute atomic E-state index is 12.8. The Morgan fingerprint density at radius 2 is 1.82 bits per heavy atom. The first kappa shape index (κ1) is 22.2. The smallest absolute Gasteiger partial charge is 0.294 e. The summed E-state index contributed by atoms with van der Waals surface area (Å²) >= 11 is 2.22. The van der Waals surface area contributed by atoms with Crippen LogP contribution in [0.15, 0.2) is 80.0 Å². The van der Waals surface area contributed by atoms with Crippen molar-refractivity contribution in [1.82, 2.24) is 4.90 Å². The van der Waals surface area contributed by atoms with E-state index in [9.17, 15) is 14.4 Å². The van der Waals surface area contributed by atoms with Crippen molar-refractivity contribution < 1.29 is 28.3 Å². The molecule has 2 aliphatic rings. The Hall–Kier alpha value is -3.63. The third kappa shape index (κ3) is 4.97. The number of hydrogen-bond donors (Lipinski definition) is 1. The number of nitrogens with zero attached hydrogens (tertiary/aromatic N) is 1. The number of amides is 3. The maximum atomic E-state index is 12.8. The molecule has 0 saturated carbocycles. The average molecular weight is 495 g/mol. The highest BCUT2D eigenvalue weighted by Crippen LogP contribution is 2.35. The van der Waals surface area contributed by atoms with E-state index in [0.717, 1.165) is 21.6 Å². The lowest BCUT2D eigenvalue weighted by Crippen LogP contribution is -2.36. The minimum atomic E-state index is -0.541. The monoisotopic (exact) mass is 494 g/mol. The van der Waals surface area contributed by atoms with Crippen molar-refractivity contribution >= 4 is 52.3 Å². The summed E-state index contributed by atoms with van der Waals surface area (Å²) in [6.45, 7) is 0.496. The fourth-order valence-corrected chi connectivity index (χ4v) is 4.92. The Kier molecular flexibility index (Phi) is 6.33. The van der Waals surface area contributed by atoms with Gasteiger partial charge in [0.15, 0.2) is 16.6 Å². The summed E-state index contributed by atoms with van der Waals surface area (Å²) in [6.07, 6.45) is 1.51. The van der Waals surface area contributed by atoms with Crippen LogP contribution < -0.4 is 14.8 Å². The molecule has 1 saturated heterocycles. The van der Waals surface area contributed by atoms with Gasteiger partial charge in [-0.2, -0.15) is 0 Å². The van der Waals surface area contributed by atoms with E-state index in [-0.39, 0.29) is 4.91 Å². The molecule has 0 atom stereocenters. The number of imide groups is 1. The van der Waals surface area contributed by atoms with E-state index in [0.29, 0.717) is 41.3 Å². The second-order valence-corrected chi connectivity index (χ2v) is 9.32. The number of furan rings is 1. The second kappa shape index (κ2) is 9.70. The first-order chi connectivity index (χ1) is 16.5. The zero-order valence-electron chi connectivity index (χ0n) is 17.7. The molecule has 10 heteroatoms. The fraction of sp³-hybridized carbons (Fsp3) is 0.125. The van der Waals surface area contributed by atoms with Gasteiger partial charge in [0.1, 0.15) is 25.5 Å². The Labute approximate surface area is 203 Å². The van der Waals surface area contributed by atoms with Crippen LogP contribution in [-0.2, 0) is 9.59 Å². The van der Waals surface area contributed by atoms with E-state index >= 15 is 0 Å². The average Bonchev–Trinajstić information content (AvgIpc) is 3.38. The van der Waals surface area contributed by atoms with Gasteiger partial charge in [0.2, 0.25) is 5.91 Å². The van der Waals surface area contributed by atoms with Gasteiger partial charge in [-0.15, -0.1) is 0 Å². The number of thioether (sulfide) groups is 1. The van der Waals surface area contributed by atoms with Gasteiger partial charge < -0.3 is 19.2 Å². The molecular weight excluding hydrogens is 476 g/mol. The SMILES string of the molecule is O=C(CN1C(=O)S/C(=C\c2ccc(Sc3ccccc3)o2)C1=O)Nc1ccc2c(c1)OCCO2. The van der Waals surface area contributed by atoms with Crippen molar-refractivity contribution in [2.45, 2.75) is 9.99 Å². The number of hydrogen-bond acceptors (Lipinski definition) is 8. The number of carbonyl (C=O) groups is 3. The first-order valence-corrected chi connectivity index (χ1v) is 12.0. The number of benzene rings is 2. The highest BCUT2D eigenvalue weighted by atomic mass is 32.2. The number of ether oxygens (including phenoxy) is 2. The highest BCUT2D eigenvalue weighted by molar-refractivity contribution is 8.18. The number of rotatable bonds is 6. The molecule has 3 heterocycles. The number of carbonyl (C=O) groups excluding carboxylic acids is 3. The Morgan fingerprint density at radius 3 is 2.65 bits per heavy atom. The molecular formula is C24H18N2O6S2. The number of nitrogens with one attached hydrogen (secondary N) is 1. The maximum Gasteiger partial charge on any atom is 0.294 e. The van der Waals surface area contributed by atoms with Crippen LogP contribution in [0.2, 0.25) is 0 Å². The molecule has 0 spiro atoms. The van der Waals surface area contributed by atoms with Crippen molar-refractivity contribution in [3.8, 4) is 11.5 Å². The van der Waals surface area contributed by atoms with Crippen molar-refractivity contribution in [3.63, 3.8) is 0 Å². The van der Waals surface area contributed by atoms with E-state index in [4.69, 9.17) is 13.9 Å². The van der Waals surface area contributed by atoms with Crippen LogP contribution in [0.3, 0.4) is 0 Å². The third-order valence-electron chi connectivity index (χ3n) is 4.84. The second-order valence-electron chi connectivity index (χ2n) is 7.25. The Balaban J connectivity index is 1.22. The molecule has 5 rings (SSSR count). The fourth-order valence-electron chi connectivity index (χ4n) is 3.30. The summed E-state index contributed by atoms with van der Waals surface area (Å²) in [7, 11) is 0. The van der Waals surface area contributed by atoms with Crippen LogP contribution in [-0.4, -0.2) is 41.7 Å². The molecule has 1 aromatic heterocycles. The van der Waals surface area contributed by atoms with Gasteiger partial charge >= 0.3 is 0 Å². The predicted octanol–water partition coefficient (Wildman–Crippen LogP) is 4.88. The molecule has 2 aromatic carbocycles. The van der Waals surface area contributed by atoms with Gasteiger partial charge in [0.05, 0.1) is 4.91 Å². The summed E-state index contributed by atoms with van der Waals surface area (Å²) in [4.78, 5) is 39.8. The molecule has 0 unspecified atom stereocenters. The van der Waals surface area contributed by atoms with E-state index < -0.39 is 23.6 Å². The lowest BCUT2D eigenvalue weighted by atomic mass is 10.2. The Bertz CT molecular complexity index is 1290. The molecule has 8 nitrogen and oxygen atoms in total. The molecule has 3 amide bonds. The van der Waals surface area contributed by atoms with Crippen molar-refractivity contribution in [3.05, 3.63) is 71.3 Å². The van der Waals surface area contributed by atoms with Crippen LogP contribution in [0, 0.1) is 0 Å². The lowest BCUT2D eigenvalue weighted by molar-refractivity contribution is -0.127. The highest BCUT2D eigenvalue weighted by Gasteiger charge is 2.36. The van der Waals surface area contributed by atoms with Gasteiger partial charge in [0.25, 0.3) is 11.1 Å². The minimum absolute atomic E-state index is 0.197. The summed E-state index contributed by atoms with van der Waals surface area (Å²) < 4.78 is 16.7. The summed E-state index contributed by atoms with van der Waals surface area (Å²) in [5.41, 5.74) is 0.482. The van der Waals surface area contributed by atoms with Gasteiger partial charge in [-0.25, -0.2) is 0 Å². The van der Waals surface area contributed by atoms with E-state index in [1.807, 2.05) is 30.3 Å². The van der Waals surface area contributed by atoms with Crippen LogP contribution >= 0.6 is 23.5 Å². The van der Waals surface area contributed by atoms with Crippen LogP contribution in [0.25, 0.3) is 6.08 Å². The van der Waals surface area contributed by atoms with E-state index in [2.05, 4.69) is 5.32 Å². The molecule has 34 heavy (non-hydrogen) atoms. The molecule has 1 N–H and O–H groups in total. The summed E-state index contributed by atoms with van der Waals surface area (Å²) in [5, 5.41) is 2.83. The van der Waals surface area contributed by atoms with Crippen LogP contribution in [0.4, 0.5) is 10.5 Å². The van der Waals surface area contributed by atoms with Crippen molar-refractivity contribution in [1.29, 1.82) is 0 Å². The van der Waals surface area contributed by atoms with Crippen molar-refractivity contribution in [2.75, 3.05) is 25.1 Å². The van der Waals surface area contributed by atoms with Crippen molar-refractivity contribution in [2.24, 2.45) is 0 Å². The third-order valence-corrected chi connectivity index (χ3v) is 6.67. The first-order valence-electron chi connectivity index (χ1n) is 10.3. The summed E-state index contributed by atoms with van der Waals surface area (Å²) in [5.74, 6) is 0.537. The molecule has 2 aliphatic heterocycles. The topological polar surface area (TPSA) is 98.1 Å². The standard InChI is InChI=1S/C24H18N2O6S2/c27-21(25-15-6-8-18-19(12-15)31-11-10-30-18)14-26-23(28)20(34-24(26)29)13-16-7-9-22(32-16)33-17-4-2-1-3-5-17/h1-9,12-13H,10-11,14H2,(H,25,27)/b20-13-. The van der Waals surface area contributed by atoms with Crippen LogP contribution in [0.5, 0.6) is 11.5 Å². The molecule has 1 fully saturated rings. The lowest BCUT2D eigenvalue weighted by Gasteiger charge is -2.19. The quantitative estimate of drug-likeness (QED) is 0.485. The van der Waals surface area contributed by atoms with E-state index in [1.165, 1.54) is 17.8 Å². The molecule has 0 radical (unpaired) electrons. The van der Waals surface area contributed by atoms with Gasteiger partial charge in [-0.3, -0.25) is 19.3 Å². The summed E-state index contributed by atoms with van der Waals surface area (Å²) in [6, 6.07) is 18.3. The number of anilines is 1. The largest absolute Gasteiger partial charge is 0.486 e. The van der Waals surface area contributed by atoms with Gasteiger partial charge in [0, 0.05) is 22.7 Å². The van der Waals surface area contributed by atoms with Gasteiger partial charge in [-0.05, 0) is 48.2 Å². The minimum Gasteiger partial charge on any atom is -0.486 e. The zero-order valence-corrected chi connectivity index (χ0v) is 19.3. The molecule has 3 aromatic rings. The molecule has 0 bridgehead atoms. The zero-order chi connectivity index (χ0) is 23.5. The molecule has 0 aliphatic carbocycles. The van der Waals surface area contributed by atoms with E-state index in [1.54, 1.807) is 30.3 Å². The predicted molar refractivity (Wildman–Crippen MR) is 128 cm³/mol. The molecule has 172 valence electrons. The van der Waals surface area contributed by atoms with Crippen LogP contribution in [0.1, 0.15) is 5.76 Å². The number of fused-ring (bicyclic) bond motifs is 1.